The molecule has 0 aliphatic rings. The summed E-state index contributed by atoms with van der Waals surface area (Å²) in [4.78, 5) is 0. The monoisotopic (exact) mass is 231 g/mol. The fraction of sp³-hybridized carbons (Fsp3) is 0.455. The fourth-order valence-electron chi connectivity index (χ4n) is 1.32. The highest BCUT2D eigenvalue weighted by Crippen LogP contribution is 2.15. The summed E-state index contributed by atoms with van der Waals surface area (Å²) in [5.74, 6) is -1.27. The van der Waals surface area contributed by atoms with Crippen molar-refractivity contribution in [3.05, 3.63) is 35.4 Å². The Morgan fingerprint density at radius 2 is 1.81 bits per heavy atom. The lowest BCUT2D eigenvalue weighted by Gasteiger charge is -2.16. The maximum absolute atomic E-state index is 12.9. The summed E-state index contributed by atoms with van der Waals surface area (Å²) in [6.07, 6.45) is -0.874. The van der Waals surface area contributed by atoms with Gasteiger partial charge in [-0.05, 0) is 24.6 Å². The normalized spacial score (nSPS) is 14.8. The van der Waals surface area contributed by atoms with Gasteiger partial charge in [0.15, 0.2) is 0 Å². The molecule has 0 saturated heterocycles. The summed E-state index contributed by atoms with van der Waals surface area (Å²) in [5, 5.41) is 20.6. The van der Waals surface area contributed by atoms with Gasteiger partial charge in [-0.2, -0.15) is 0 Å². The number of halogens is 2. The van der Waals surface area contributed by atoms with Crippen LogP contribution in [0.1, 0.15) is 18.5 Å². The van der Waals surface area contributed by atoms with Crippen LogP contribution in [0.25, 0.3) is 0 Å². The van der Waals surface area contributed by atoms with E-state index in [1.165, 1.54) is 12.1 Å². The van der Waals surface area contributed by atoms with Crippen molar-refractivity contribution in [2.75, 3.05) is 13.2 Å². The third kappa shape index (κ3) is 3.84. The number of aliphatic hydroxyl groups excluding tert-OH is 2. The van der Waals surface area contributed by atoms with Crippen LogP contribution in [-0.4, -0.2) is 29.5 Å². The van der Waals surface area contributed by atoms with Gasteiger partial charge in [-0.15, -0.1) is 0 Å². The largest absolute Gasteiger partial charge is 0.394 e. The van der Waals surface area contributed by atoms with Gasteiger partial charge in [-0.25, -0.2) is 8.78 Å². The highest BCUT2D eigenvalue weighted by molar-refractivity contribution is 5.20. The topological polar surface area (TPSA) is 52.5 Å². The van der Waals surface area contributed by atoms with Crippen molar-refractivity contribution >= 4 is 0 Å². The average Bonchev–Trinajstić information content (AvgIpc) is 2.23. The molecule has 90 valence electrons. The Kier molecular flexibility index (Phi) is 4.79. The Morgan fingerprint density at radius 1 is 1.25 bits per heavy atom. The van der Waals surface area contributed by atoms with Crippen molar-refractivity contribution in [3.63, 3.8) is 0 Å². The molecule has 16 heavy (non-hydrogen) atoms. The molecular weight excluding hydrogens is 216 g/mol. The molecule has 5 heteroatoms. The minimum Gasteiger partial charge on any atom is -0.394 e. The molecule has 0 aromatic heterocycles. The molecule has 0 aliphatic heterocycles. The molecule has 0 spiro atoms. The van der Waals surface area contributed by atoms with Crippen molar-refractivity contribution in [3.8, 4) is 0 Å². The van der Waals surface area contributed by atoms with Crippen LogP contribution in [0.4, 0.5) is 8.78 Å². The first-order valence-electron chi connectivity index (χ1n) is 5.01. The summed E-state index contributed by atoms with van der Waals surface area (Å²) < 4.78 is 25.8. The number of benzene rings is 1. The van der Waals surface area contributed by atoms with Crippen molar-refractivity contribution in [2.45, 2.75) is 19.1 Å². The molecule has 2 unspecified atom stereocenters. The van der Waals surface area contributed by atoms with E-state index in [2.05, 4.69) is 5.32 Å². The zero-order chi connectivity index (χ0) is 12.1. The van der Waals surface area contributed by atoms with Gasteiger partial charge in [0.25, 0.3) is 0 Å². The molecule has 0 aliphatic carbocycles. The summed E-state index contributed by atoms with van der Waals surface area (Å²) in [6, 6.07) is 2.96. The van der Waals surface area contributed by atoms with Crippen molar-refractivity contribution in [1.82, 2.24) is 5.32 Å². The number of aliphatic hydroxyl groups is 2. The van der Waals surface area contributed by atoms with E-state index < -0.39 is 17.7 Å². The second kappa shape index (κ2) is 5.89. The lowest BCUT2D eigenvalue weighted by molar-refractivity contribution is 0.0923. The molecule has 3 N–H and O–H groups in total. The Labute approximate surface area is 92.7 Å². The highest BCUT2D eigenvalue weighted by atomic mass is 19.1. The van der Waals surface area contributed by atoms with Crippen molar-refractivity contribution in [1.29, 1.82) is 0 Å². The number of rotatable bonds is 5. The number of nitrogens with one attached hydrogen (secondary N) is 1. The molecule has 1 aromatic rings. The molecule has 0 radical (unpaired) electrons. The van der Waals surface area contributed by atoms with Crippen LogP contribution in [0.15, 0.2) is 18.2 Å². The van der Waals surface area contributed by atoms with Gasteiger partial charge in [0.1, 0.15) is 11.6 Å². The molecule has 2 atom stereocenters. The average molecular weight is 231 g/mol. The first-order valence-corrected chi connectivity index (χ1v) is 5.01. The smallest absolute Gasteiger partial charge is 0.126 e. The lowest BCUT2D eigenvalue weighted by atomic mass is 10.1. The zero-order valence-corrected chi connectivity index (χ0v) is 8.95. The second-order valence-corrected chi connectivity index (χ2v) is 3.67. The quantitative estimate of drug-likeness (QED) is 0.707. The van der Waals surface area contributed by atoms with E-state index >= 15 is 0 Å². The van der Waals surface area contributed by atoms with Gasteiger partial charge >= 0.3 is 0 Å². The Bertz CT molecular complexity index is 327. The predicted octanol–water partition coefficient (Wildman–Crippen LogP) is 0.969. The first kappa shape index (κ1) is 13.0. The molecule has 0 fully saturated rings. The molecule has 1 aromatic carbocycles. The number of hydrogen-bond acceptors (Lipinski definition) is 3. The van der Waals surface area contributed by atoms with Crippen LogP contribution >= 0.6 is 0 Å². The van der Waals surface area contributed by atoms with E-state index in [9.17, 15) is 8.78 Å². The van der Waals surface area contributed by atoms with Gasteiger partial charge in [-0.3, -0.25) is 0 Å². The summed E-state index contributed by atoms with van der Waals surface area (Å²) in [6.45, 7) is 1.53. The van der Waals surface area contributed by atoms with E-state index in [-0.39, 0.29) is 19.2 Å². The Morgan fingerprint density at radius 3 is 2.31 bits per heavy atom. The van der Waals surface area contributed by atoms with Gasteiger partial charge in [0.2, 0.25) is 0 Å². The van der Waals surface area contributed by atoms with E-state index in [1.807, 2.05) is 0 Å². The van der Waals surface area contributed by atoms with Crippen molar-refractivity contribution in [2.24, 2.45) is 0 Å². The maximum Gasteiger partial charge on any atom is 0.126 e. The van der Waals surface area contributed by atoms with E-state index in [4.69, 9.17) is 10.2 Å². The van der Waals surface area contributed by atoms with E-state index in [0.717, 1.165) is 6.07 Å². The minimum absolute atomic E-state index is 0.162. The minimum atomic E-state index is -0.874. The Balaban J connectivity index is 2.62. The zero-order valence-electron chi connectivity index (χ0n) is 8.95. The van der Waals surface area contributed by atoms with Gasteiger partial charge in [0.05, 0.1) is 12.7 Å². The van der Waals surface area contributed by atoms with Crippen LogP contribution in [0.2, 0.25) is 0 Å². The third-order valence-electron chi connectivity index (χ3n) is 2.26. The molecule has 3 nitrogen and oxygen atoms in total. The standard InChI is InChI=1S/C11H15F2NO2/c1-7(14-5-11(16)6-15)8-2-9(12)4-10(13)3-8/h2-4,7,11,14-16H,5-6H2,1H3. The van der Waals surface area contributed by atoms with Crippen LogP contribution in [-0.2, 0) is 0 Å². The van der Waals surface area contributed by atoms with E-state index in [0.29, 0.717) is 5.56 Å². The van der Waals surface area contributed by atoms with Crippen LogP contribution in [0.5, 0.6) is 0 Å². The molecule has 0 bridgehead atoms. The third-order valence-corrected chi connectivity index (χ3v) is 2.26. The lowest BCUT2D eigenvalue weighted by Crippen LogP contribution is -2.31. The van der Waals surface area contributed by atoms with Crippen molar-refractivity contribution < 1.29 is 19.0 Å². The number of hydrogen-bond donors (Lipinski definition) is 3. The SMILES string of the molecule is CC(NCC(O)CO)c1cc(F)cc(F)c1. The van der Waals surface area contributed by atoms with Gasteiger partial charge in [-0.1, -0.05) is 0 Å². The predicted molar refractivity (Wildman–Crippen MR) is 55.9 cm³/mol. The molecule has 1 rings (SSSR count). The summed E-state index contributed by atoms with van der Waals surface area (Å²) in [5.41, 5.74) is 0.461. The van der Waals surface area contributed by atoms with Crippen LogP contribution in [0.3, 0.4) is 0 Å². The summed E-state index contributed by atoms with van der Waals surface area (Å²) >= 11 is 0. The molecule has 0 saturated carbocycles. The van der Waals surface area contributed by atoms with Crippen LogP contribution < -0.4 is 5.32 Å². The maximum atomic E-state index is 12.9. The van der Waals surface area contributed by atoms with Gasteiger partial charge in [0, 0.05) is 18.7 Å². The Hall–Kier alpha value is -1.04. The first-order chi connectivity index (χ1) is 7.52. The fourth-order valence-corrected chi connectivity index (χ4v) is 1.32. The molecule has 0 amide bonds. The highest BCUT2D eigenvalue weighted by Gasteiger charge is 2.10. The van der Waals surface area contributed by atoms with Gasteiger partial charge < -0.3 is 15.5 Å². The second-order valence-electron chi connectivity index (χ2n) is 3.67. The molecule has 0 heterocycles. The molecular formula is C11H15F2NO2. The summed E-state index contributed by atoms with van der Waals surface area (Å²) in [7, 11) is 0. The van der Waals surface area contributed by atoms with E-state index in [1.54, 1.807) is 6.92 Å². The van der Waals surface area contributed by atoms with Crippen LogP contribution in [0, 0.1) is 11.6 Å².